The van der Waals surface area contributed by atoms with Gasteiger partial charge < -0.3 is 15.3 Å². The molecule has 0 saturated carbocycles. The number of benzene rings is 2. The Morgan fingerprint density at radius 3 is 2.75 bits per heavy atom. The minimum Gasteiger partial charge on any atom is -0.395 e. The lowest BCUT2D eigenvalue weighted by atomic mass is 10.1. The smallest absolute Gasteiger partial charge is 0.140 e. The summed E-state index contributed by atoms with van der Waals surface area (Å²) in [5.41, 5.74) is 2.54. The van der Waals surface area contributed by atoms with Crippen molar-refractivity contribution in [2.24, 2.45) is 4.99 Å². The maximum Gasteiger partial charge on any atom is 0.140 e. The van der Waals surface area contributed by atoms with Crippen molar-refractivity contribution in [3.8, 4) is 0 Å². The number of aliphatic hydroxyl groups is 1. The summed E-state index contributed by atoms with van der Waals surface area (Å²) in [5, 5.41) is 14.8. The third-order valence-corrected chi connectivity index (χ3v) is 6.43. The highest BCUT2D eigenvalue weighted by Crippen LogP contribution is 2.43. The number of aliphatic hydroxyl groups excluding tert-OH is 1. The summed E-state index contributed by atoms with van der Waals surface area (Å²) in [5.74, 6) is 0.666. The Morgan fingerprint density at radius 1 is 1.11 bits per heavy atom. The van der Waals surface area contributed by atoms with Gasteiger partial charge in [-0.3, -0.25) is 4.90 Å². The van der Waals surface area contributed by atoms with Gasteiger partial charge in [0.05, 0.1) is 23.5 Å². The van der Waals surface area contributed by atoms with E-state index in [1.54, 1.807) is 17.4 Å². The van der Waals surface area contributed by atoms with Crippen molar-refractivity contribution in [1.29, 1.82) is 0 Å². The SMILES string of the molecule is OCCN1CCN(C2=Nc3ccc(F)cc3Nc3sc4ccccc4c32)CC1. The van der Waals surface area contributed by atoms with Crippen LogP contribution in [0.15, 0.2) is 47.5 Å². The Morgan fingerprint density at radius 2 is 1.93 bits per heavy atom. The van der Waals surface area contributed by atoms with Gasteiger partial charge in [0, 0.05) is 42.8 Å². The number of amidine groups is 1. The molecule has 0 unspecified atom stereocenters. The van der Waals surface area contributed by atoms with E-state index in [0.29, 0.717) is 12.2 Å². The molecule has 3 aromatic rings. The molecule has 28 heavy (non-hydrogen) atoms. The third kappa shape index (κ3) is 3.05. The first-order chi connectivity index (χ1) is 13.7. The molecule has 0 spiro atoms. The van der Waals surface area contributed by atoms with Crippen molar-refractivity contribution in [3.63, 3.8) is 0 Å². The molecule has 1 fully saturated rings. The molecule has 1 aromatic heterocycles. The Kier molecular flexibility index (Phi) is 4.50. The average Bonchev–Trinajstić information content (AvgIpc) is 2.98. The number of halogens is 1. The standard InChI is InChI=1S/C21H21FN4OS/c22-14-5-6-16-17(13-14)24-21-19(15-3-1-2-4-18(15)28-21)20(23-16)26-9-7-25(8-10-26)11-12-27/h1-6,13,24,27H,7-12H2. The molecule has 0 bridgehead atoms. The van der Waals surface area contributed by atoms with Crippen molar-refractivity contribution >= 4 is 43.6 Å². The molecule has 0 radical (unpaired) electrons. The zero-order valence-electron chi connectivity index (χ0n) is 15.4. The van der Waals surface area contributed by atoms with E-state index in [-0.39, 0.29) is 12.4 Å². The molecule has 5 rings (SSSR count). The van der Waals surface area contributed by atoms with Gasteiger partial charge in [0.15, 0.2) is 0 Å². The van der Waals surface area contributed by atoms with Gasteiger partial charge in [0.25, 0.3) is 0 Å². The predicted molar refractivity (Wildman–Crippen MR) is 113 cm³/mol. The van der Waals surface area contributed by atoms with Crippen molar-refractivity contribution in [3.05, 3.63) is 53.8 Å². The van der Waals surface area contributed by atoms with E-state index in [0.717, 1.165) is 48.3 Å². The number of piperazine rings is 1. The minimum atomic E-state index is -0.273. The number of hydrogen-bond donors (Lipinski definition) is 2. The molecule has 144 valence electrons. The number of nitrogens with zero attached hydrogens (tertiary/aromatic N) is 3. The van der Waals surface area contributed by atoms with E-state index in [1.807, 2.05) is 12.1 Å². The second kappa shape index (κ2) is 7.16. The monoisotopic (exact) mass is 396 g/mol. The molecular weight excluding hydrogens is 375 g/mol. The zero-order valence-corrected chi connectivity index (χ0v) is 16.2. The van der Waals surface area contributed by atoms with Crippen LogP contribution in [-0.2, 0) is 0 Å². The molecule has 0 atom stereocenters. The number of aliphatic imine (C=N–C) groups is 1. The van der Waals surface area contributed by atoms with Crippen molar-refractivity contribution < 1.29 is 9.50 Å². The first-order valence-corrected chi connectivity index (χ1v) is 10.3. The van der Waals surface area contributed by atoms with E-state index in [9.17, 15) is 9.50 Å². The molecule has 7 heteroatoms. The fourth-order valence-corrected chi connectivity index (χ4v) is 5.02. The minimum absolute atomic E-state index is 0.184. The molecule has 0 aliphatic carbocycles. The molecule has 5 nitrogen and oxygen atoms in total. The van der Waals surface area contributed by atoms with Crippen LogP contribution in [0.1, 0.15) is 5.56 Å². The highest BCUT2D eigenvalue weighted by Gasteiger charge is 2.28. The van der Waals surface area contributed by atoms with E-state index in [4.69, 9.17) is 4.99 Å². The number of rotatable bonds is 2. The Balaban J connectivity index is 1.62. The number of fused-ring (bicyclic) bond motifs is 4. The Labute approximate surface area is 166 Å². The Bertz CT molecular complexity index is 1060. The van der Waals surface area contributed by atoms with E-state index < -0.39 is 0 Å². The molecule has 2 aromatic carbocycles. The molecule has 3 heterocycles. The number of β-amino-alcohol motifs (C(OH)–C–C–N with tert-alkyl or cyclic N) is 1. The number of thiophene rings is 1. The summed E-state index contributed by atoms with van der Waals surface area (Å²) < 4.78 is 15.0. The largest absolute Gasteiger partial charge is 0.395 e. The van der Waals surface area contributed by atoms with Gasteiger partial charge in [-0.1, -0.05) is 18.2 Å². The van der Waals surface area contributed by atoms with Gasteiger partial charge >= 0.3 is 0 Å². The number of anilines is 2. The van der Waals surface area contributed by atoms with Gasteiger partial charge in [-0.25, -0.2) is 9.38 Å². The maximum absolute atomic E-state index is 13.9. The third-order valence-electron chi connectivity index (χ3n) is 5.34. The lowest BCUT2D eigenvalue weighted by Crippen LogP contribution is -2.49. The van der Waals surface area contributed by atoms with Crippen molar-refractivity contribution in [2.75, 3.05) is 44.6 Å². The van der Waals surface area contributed by atoms with E-state index in [1.165, 1.54) is 22.2 Å². The fourth-order valence-electron chi connectivity index (χ4n) is 3.91. The second-order valence-electron chi connectivity index (χ2n) is 7.08. The summed E-state index contributed by atoms with van der Waals surface area (Å²) in [6, 6.07) is 13.0. The summed E-state index contributed by atoms with van der Waals surface area (Å²) in [6.07, 6.45) is 0. The van der Waals surface area contributed by atoms with Crippen LogP contribution < -0.4 is 5.32 Å². The Hall–Kier alpha value is -2.48. The summed E-state index contributed by atoms with van der Waals surface area (Å²) in [4.78, 5) is 9.57. The number of nitrogens with one attached hydrogen (secondary N) is 1. The van der Waals surface area contributed by atoms with Crippen molar-refractivity contribution in [1.82, 2.24) is 9.80 Å². The normalized spacial score (nSPS) is 16.9. The van der Waals surface area contributed by atoms with Crippen LogP contribution in [0.2, 0.25) is 0 Å². The highest BCUT2D eigenvalue weighted by atomic mass is 32.1. The summed E-state index contributed by atoms with van der Waals surface area (Å²) in [6.45, 7) is 4.36. The molecule has 2 aliphatic heterocycles. The molecule has 2 aliphatic rings. The molecule has 1 saturated heterocycles. The fraction of sp³-hybridized carbons (Fsp3) is 0.286. The summed E-state index contributed by atoms with van der Waals surface area (Å²) in [7, 11) is 0. The van der Waals surface area contributed by atoms with Crippen LogP contribution in [0.25, 0.3) is 10.1 Å². The van der Waals surface area contributed by atoms with Gasteiger partial charge in [0.2, 0.25) is 0 Å². The van der Waals surface area contributed by atoms with E-state index in [2.05, 4.69) is 27.2 Å². The first-order valence-electron chi connectivity index (χ1n) is 9.48. The molecule has 0 amide bonds. The van der Waals surface area contributed by atoms with Gasteiger partial charge in [0.1, 0.15) is 16.7 Å². The van der Waals surface area contributed by atoms with E-state index >= 15 is 0 Å². The lowest BCUT2D eigenvalue weighted by molar-refractivity contribution is 0.147. The van der Waals surface area contributed by atoms with Crippen LogP contribution >= 0.6 is 11.3 Å². The average molecular weight is 396 g/mol. The highest BCUT2D eigenvalue weighted by molar-refractivity contribution is 7.23. The van der Waals surface area contributed by atoms with Crippen LogP contribution in [-0.4, -0.2) is 60.1 Å². The number of hydrogen-bond acceptors (Lipinski definition) is 6. The lowest BCUT2D eigenvalue weighted by Gasteiger charge is -2.36. The zero-order chi connectivity index (χ0) is 19.1. The summed E-state index contributed by atoms with van der Waals surface area (Å²) >= 11 is 1.67. The topological polar surface area (TPSA) is 51.1 Å². The predicted octanol–water partition coefficient (Wildman–Crippen LogP) is 3.79. The van der Waals surface area contributed by atoms with Gasteiger partial charge in [-0.2, -0.15) is 0 Å². The second-order valence-corrected chi connectivity index (χ2v) is 8.13. The first kappa shape index (κ1) is 17.6. The van der Waals surface area contributed by atoms with Gasteiger partial charge in [-0.15, -0.1) is 11.3 Å². The molecule has 2 N–H and O–H groups in total. The molecular formula is C21H21FN4OS. The quantitative estimate of drug-likeness (QED) is 0.692. The van der Waals surface area contributed by atoms with Crippen LogP contribution in [0.5, 0.6) is 0 Å². The van der Waals surface area contributed by atoms with Crippen LogP contribution in [0.3, 0.4) is 0 Å². The maximum atomic E-state index is 13.9. The van der Waals surface area contributed by atoms with Crippen LogP contribution in [0.4, 0.5) is 20.8 Å². The van der Waals surface area contributed by atoms with Gasteiger partial charge in [-0.05, 0) is 24.3 Å². The van der Waals surface area contributed by atoms with Crippen LogP contribution in [0, 0.1) is 5.82 Å². The van der Waals surface area contributed by atoms with Crippen molar-refractivity contribution in [2.45, 2.75) is 0 Å².